The molecular weight excluding hydrogens is 533 g/mol. The molecule has 2 aliphatic rings. The van der Waals surface area contributed by atoms with Gasteiger partial charge in [-0.05, 0) is 75.8 Å². The predicted molar refractivity (Wildman–Crippen MR) is 157 cm³/mol. The molecule has 0 unspecified atom stereocenters. The van der Waals surface area contributed by atoms with E-state index in [1.54, 1.807) is 12.1 Å². The van der Waals surface area contributed by atoms with Gasteiger partial charge in [-0.1, -0.05) is 47.5 Å². The molecule has 3 aromatic rings. The van der Waals surface area contributed by atoms with E-state index in [1.165, 1.54) is 0 Å². The fraction of sp³-hybridized carbons (Fsp3) is 0.467. The zero-order valence-corrected chi connectivity index (χ0v) is 24.2. The van der Waals surface area contributed by atoms with E-state index in [-0.39, 0.29) is 11.8 Å². The Hall–Kier alpha value is -2.58. The molecular formula is C30H37Cl2N5O2. The maximum absolute atomic E-state index is 13.9. The van der Waals surface area contributed by atoms with E-state index in [2.05, 4.69) is 34.2 Å². The summed E-state index contributed by atoms with van der Waals surface area (Å²) in [5.41, 5.74) is 2.09. The summed E-state index contributed by atoms with van der Waals surface area (Å²) in [5, 5.41) is 5.25. The number of benzene rings is 2. The molecule has 1 aliphatic carbocycles. The molecule has 7 nitrogen and oxygen atoms in total. The van der Waals surface area contributed by atoms with Crippen LogP contribution in [0, 0.1) is 0 Å². The third-order valence-electron chi connectivity index (χ3n) is 8.10. The van der Waals surface area contributed by atoms with Crippen LogP contribution in [0.25, 0.3) is 10.9 Å². The monoisotopic (exact) mass is 569 g/mol. The lowest BCUT2D eigenvalue weighted by atomic mass is 9.93. The van der Waals surface area contributed by atoms with Gasteiger partial charge in [0.25, 0.3) is 0 Å². The number of para-hydroxylation sites is 1. The van der Waals surface area contributed by atoms with Gasteiger partial charge in [0.05, 0.1) is 5.41 Å². The largest absolute Gasteiger partial charge is 0.361 e. The molecule has 0 spiro atoms. The summed E-state index contributed by atoms with van der Waals surface area (Å²) in [6.07, 6.45) is 4.86. The third kappa shape index (κ3) is 6.27. The molecule has 1 atom stereocenters. The van der Waals surface area contributed by atoms with Crippen molar-refractivity contribution in [2.75, 3.05) is 53.4 Å². The Morgan fingerprint density at radius 3 is 2.51 bits per heavy atom. The van der Waals surface area contributed by atoms with Crippen molar-refractivity contribution in [3.63, 3.8) is 0 Å². The van der Waals surface area contributed by atoms with Crippen LogP contribution < -0.4 is 5.32 Å². The molecule has 1 saturated heterocycles. The highest BCUT2D eigenvalue weighted by atomic mass is 35.5. The van der Waals surface area contributed by atoms with Crippen LogP contribution in [0.5, 0.6) is 0 Å². The lowest BCUT2D eigenvalue weighted by molar-refractivity contribution is -0.138. The smallest absolute Gasteiger partial charge is 0.245 e. The number of nitrogens with zero attached hydrogens (tertiary/aromatic N) is 3. The maximum atomic E-state index is 13.9. The fourth-order valence-electron chi connectivity index (χ4n) is 5.66. The number of aromatic nitrogens is 1. The Bertz CT molecular complexity index is 1330. The first-order chi connectivity index (χ1) is 18.8. The number of hydrogen-bond donors (Lipinski definition) is 2. The molecule has 2 aromatic carbocycles. The van der Waals surface area contributed by atoms with E-state index in [0.29, 0.717) is 42.4 Å². The van der Waals surface area contributed by atoms with Gasteiger partial charge in [-0.3, -0.25) is 14.5 Å². The second kappa shape index (κ2) is 11.9. The number of nitrogens with one attached hydrogen (secondary N) is 2. The van der Waals surface area contributed by atoms with Crippen LogP contribution in [0.1, 0.15) is 30.4 Å². The number of carbonyl (C=O) groups is 2. The second-order valence-electron chi connectivity index (χ2n) is 11.1. The van der Waals surface area contributed by atoms with Gasteiger partial charge in [-0.15, -0.1) is 0 Å². The van der Waals surface area contributed by atoms with Crippen LogP contribution in [0.15, 0.2) is 48.7 Å². The number of halogens is 2. The summed E-state index contributed by atoms with van der Waals surface area (Å²) in [6, 6.07) is 12.7. The highest BCUT2D eigenvalue weighted by Gasteiger charge is 2.53. The van der Waals surface area contributed by atoms with E-state index in [4.69, 9.17) is 23.2 Å². The molecule has 5 rings (SSSR count). The van der Waals surface area contributed by atoms with Gasteiger partial charge in [-0.2, -0.15) is 0 Å². The van der Waals surface area contributed by atoms with Crippen molar-refractivity contribution in [3.8, 4) is 0 Å². The molecule has 1 aliphatic heterocycles. The standard InChI is InChI=1S/C30H37Cl2N5O2/c1-35(2)12-5-13-36-14-16-37(17-15-36)28(38)27(18-21-20-33-26-7-4-3-6-23(21)26)34-29(39)30(10-11-30)24-9-8-22(31)19-25(24)32/h3-4,6-9,19-20,27,33H,5,10-18H2,1-2H3,(H,34,39)/t27-/m0/s1. The van der Waals surface area contributed by atoms with E-state index in [9.17, 15) is 9.59 Å². The molecule has 2 amide bonds. The number of fused-ring (bicyclic) bond motifs is 1. The summed E-state index contributed by atoms with van der Waals surface area (Å²) >= 11 is 12.6. The molecule has 39 heavy (non-hydrogen) atoms. The van der Waals surface area contributed by atoms with Gasteiger partial charge in [0.1, 0.15) is 6.04 Å². The van der Waals surface area contributed by atoms with Gasteiger partial charge in [0.2, 0.25) is 11.8 Å². The molecule has 208 valence electrons. The summed E-state index contributed by atoms with van der Waals surface area (Å²) in [4.78, 5) is 37.6. The van der Waals surface area contributed by atoms with Crippen LogP contribution in [0.4, 0.5) is 0 Å². The summed E-state index contributed by atoms with van der Waals surface area (Å²) < 4.78 is 0. The number of piperazine rings is 1. The average molecular weight is 571 g/mol. The van der Waals surface area contributed by atoms with Crippen molar-refractivity contribution in [2.24, 2.45) is 0 Å². The summed E-state index contributed by atoms with van der Waals surface area (Å²) in [6.45, 7) is 5.09. The van der Waals surface area contributed by atoms with Crippen molar-refractivity contribution < 1.29 is 9.59 Å². The molecule has 2 heterocycles. The van der Waals surface area contributed by atoms with E-state index in [0.717, 1.165) is 54.6 Å². The Labute approximate surface area is 240 Å². The minimum absolute atomic E-state index is 0.0282. The first kappa shape index (κ1) is 28.0. The SMILES string of the molecule is CN(C)CCCN1CCN(C(=O)[C@H](Cc2c[nH]c3ccccc23)NC(=O)C2(c3ccc(Cl)cc3Cl)CC2)CC1. The first-order valence-electron chi connectivity index (χ1n) is 13.7. The highest BCUT2D eigenvalue weighted by Crippen LogP contribution is 2.51. The minimum atomic E-state index is -0.717. The number of H-pyrrole nitrogens is 1. The highest BCUT2D eigenvalue weighted by molar-refractivity contribution is 6.35. The topological polar surface area (TPSA) is 71.7 Å². The number of rotatable bonds is 10. The van der Waals surface area contributed by atoms with Gasteiger partial charge >= 0.3 is 0 Å². The first-order valence-corrected chi connectivity index (χ1v) is 14.5. The van der Waals surface area contributed by atoms with Crippen LogP contribution in [-0.2, 0) is 21.4 Å². The normalized spacial score (nSPS) is 17.9. The van der Waals surface area contributed by atoms with E-state index >= 15 is 0 Å². The number of hydrogen-bond acceptors (Lipinski definition) is 4. The van der Waals surface area contributed by atoms with E-state index in [1.807, 2.05) is 41.4 Å². The number of amides is 2. The fourth-order valence-corrected chi connectivity index (χ4v) is 6.25. The van der Waals surface area contributed by atoms with Gasteiger partial charge in [-0.25, -0.2) is 0 Å². The van der Waals surface area contributed by atoms with Crippen molar-refractivity contribution in [1.82, 2.24) is 25.0 Å². The molecule has 2 fully saturated rings. The maximum Gasteiger partial charge on any atom is 0.245 e. The Balaban J connectivity index is 1.32. The molecule has 1 aromatic heterocycles. The lowest BCUT2D eigenvalue weighted by Gasteiger charge is -2.37. The third-order valence-corrected chi connectivity index (χ3v) is 8.65. The average Bonchev–Trinajstić information content (AvgIpc) is 3.63. The van der Waals surface area contributed by atoms with Gasteiger partial charge < -0.3 is 20.1 Å². The molecule has 2 N–H and O–H groups in total. The number of carbonyl (C=O) groups excluding carboxylic acids is 2. The van der Waals surface area contributed by atoms with Gasteiger partial charge in [0, 0.05) is 59.7 Å². The minimum Gasteiger partial charge on any atom is -0.361 e. The summed E-state index contributed by atoms with van der Waals surface area (Å²) in [5.74, 6) is -0.174. The van der Waals surface area contributed by atoms with Crippen LogP contribution in [0.3, 0.4) is 0 Å². The molecule has 0 bridgehead atoms. The quantitative estimate of drug-likeness (QED) is 0.381. The Kier molecular flexibility index (Phi) is 8.52. The van der Waals surface area contributed by atoms with Crippen molar-refractivity contribution in [1.29, 1.82) is 0 Å². The lowest BCUT2D eigenvalue weighted by Crippen LogP contribution is -2.56. The number of aromatic amines is 1. The van der Waals surface area contributed by atoms with Crippen LogP contribution >= 0.6 is 23.2 Å². The predicted octanol–water partition coefficient (Wildman–Crippen LogP) is 4.33. The van der Waals surface area contributed by atoms with E-state index < -0.39 is 11.5 Å². The van der Waals surface area contributed by atoms with Crippen LogP contribution in [0.2, 0.25) is 10.0 Å². The second-order valence-corrected chi connectivity index (χ2v) is 12.0. The zero-order chi connectivity index (χ0) is 27.6. The van der Waals surface area contributed by atoms with Crippen molar-refractivity contribution in [2.45, 2.75) is 37.1 Å². The Morgan fingerprint density at radius 2 is 1.82 bits per heavy atom. The summed E-state index contributed by atoms with van der Waals surface area (Å²) in [7, 11) is 4.18. The Morgan fingerprint density at radius 1 is 1.08 bits per heavy atom. The van der Waals surface area contributed by atoms with Crippen molar-refractivity contribution >= 4 is 45.9 Å². The molecule has 0 radical (unpaired) electrons. The molecule has 9 heteroatoms. The zero-order valence-electron chi connectivity index (χ0n) is 22.7. The van der Waals surface area contributed by atoms with Gasteiger partial charge in [0.15, 0.2) is 0 Å². The van der Waals surface area contributed by atoms with Crippen molar-refractivity contribution in [3.05, 3.63) is 69.8 Å². The van der Waals surface area contributed by atoms with Crippen LogP contribution in [-0.4, -0.2) is 90.9 Å². The molecule has 1 saturated carbocycles.